The van der Waals surface area contributed by atoms with Crippen LogP contribution in [0.25, 0.3) is 10.9 Å². The number of nitriles is 1. The Morgan fingerprint density at radius 2 is 2.18 bits per heavy atom. The van der Waals surface area contributed by atoms with Gasteiger partial charge in [0, 0.05) is 25.1 Å². The molecular weight excluding hydrogens is 370 g/mol. The smallest absolute Gasteiger partial charge is 0.268 e. The fourth-order valence-electron chi connectivity index (χ4n) is 3.16. The minimum absolute atomic E-state index is 0.293. The van der Waals surface area contributed by atoms with Crippen LogP contribution in [0, 0.1) is 11.3 Å². The van der Waals surface area contributed by atoms with E-state index in [1.54, 1.807) is 31.3 Å². The molecule has 0 bridgehead atoms. The molecule has 1 atom stereocenters. The average Bonchev–Trinajstić information content (AvgIpc) is 3.00. The van der Waals surface area contributed by atoms with Gasteiger partial charge in [0.25, 0.3) is 11.8 Å². The van der Waals surface area contributed by atoms with Crippen LogP contribution in [0.1, 0.15) is 16.8 Å². The number of alkyl halides is 2. The van der Waals surface area contributed by atoms with E-state index in [0.717, 1.165) is 4.90 Å². The van der Waals surface area contributed by atoms with E-state index in [0.29, 0.717) is 22.2 Å². The van der Waals surface area contributed by atoms with Crippen molar-refractivity contribution in [3.8, 4) is 6.07 Å². The van der Waals surface area contributed by atoms with Gasteiger partial charge in [-0.3, -0.25) is 14.6 Å². The summed E-state index contributed by atoms with van der Waals surface area (Å²) < 4.78 is 27.0. The Kier molecular flexibility index (Phi) is 5.37. The number of hydrogen-bond acceptors (Lipinski definition) is 6. The molecule has 0 unspecified atom stereocenters. The minimum Gasteiger partial charge on any atom is -0.343 e. The lowest BCUT2D eigenvalue weighted by atomic mass is 10.1. The zero-order valence-corrected chi connectivity index (χ0v) is 15.0. The molecule has 146 valence electrons. The Hall–Kier alpha value is -3.32. The highest BCUT2D eigenvalue weighted by Gasteiger charge is 2.47. The Morgan fingerprint density at radius 3 is 2.89 bits per heavy atom. The molecule has 0 spiro atoms. The number of para-hydroxylation sites is 1. The number of carbonyl (C=O) groups excluding carboxylic acids is 2. The number of likely N-dealkylation sites (tertiary alicyclic amines) is 1. The molecule has 3 N–H and O–H groups in total. The molecule has 0 saturated carbocycles. The van der Waals surface area contributed by atoms with Crippen molar-refractivity contribution >= 4 is 28.4 Å². The van der Waals surface area contributed by atoms with Crippen LogP contribution in [0.5, 0.6) is 0 Å². The maximum absolute atomic E-state index is 13.5. The molecule has 1 saturated heterocycles. The lowest BCUT2D eigenvalue weighted by Crippen LogP contribution is -2.43. The van der Waals surface area contributed by atoms with Crippen LogP contribution in [0.2, 0.25) is 0 Å². The van der Waals surface area contributed by atoms with Gasteiger partial charge >= 0.3 is 0 Å². The summed E-state index contributed by atoms with van der Waals surface area (Å²) in [6.07, 6.45) is 0.770. The van der Waals surface area contributed by atoms with Crippen molar-refractivity contribution in [2.75, 3.05) is 25.6 Å². The lowest BCUT2D eigenvalue weighted by molar-refractivity contribution is -0.131. The number of anilines is 1. The Labute approximate surface area is 159 Å². The Bertz CT molecular complexity index is 959. The highest BCUT2D eigenvalue weighted by molar-refractivity contribution is 6.09. The van der Waals surface area contributed by atoms with Crippen molar-refractivity contribution in [2.45, 2.75) is 18.4 Å². The molecule has 1 aromatic carbocycles. The molecule has 0 aliphatic carbocycles. The number of fused-ring (bicyclic) bond motifs is 1. The molecule has 2 heterocycles. The molecule has 10 heteroatoms. The van der Waals surface area contributed by atoms with Gasteiger partial charge in [-0.1, -0.05) is 12.1 Å². The fourth-order valence-corrected chi connectivity index (χ4v) is 3.16. The fraction of sp³-hybridized carbons (Fsp3) is 0.333. The molecule has 2 aromatic rings. The molecule has 1 fully saturated rings. The van der Waals surface area contributed by atoms with Crippen molar-refractivity contribution < 1.29 is 18.4 Å². The standard InChI is InChI=1S/C18H18F2N6O2/c1-22-25-14-4-2-3-12-13(5-6-23-16(12)14)17(28)24-9-15(27)26-10-18(19,20)7-11(26)8-21/h2-6,11,22,25H,7,9-10H2,1H3,(H,24,28)/t11-/m0/s1. The largest absolute Gasteiger partial charge is 0.343 e. The number of hydrazine groups is 1. The van der Waals surface area contributed by atoms with Gasteiger partial charge < -0.3 is 15.6 Å². The summed E-state index contributed by atoms with van der Waals surface area (Å²) in [7, 11) is 1.69. The van der Waals surface area contributed by atoms with Gasteiger partial charge in [-0.2, -0.15) is 5.26 Å². The zero-order valence-electron chi connectivity index (χ0n) is 15.0. The van der Waals surface area contributed by atoms with E-state index in [2.05, 4.69) is 21.2 Å². The molecule has 8 nitrogen and oxygen atoms in total. The van der Waals surface area contributed by atoms with Crippen molar-refractivity contribution in [3.05, 3.63) is 36.0 Å². The first-order valence-corrected chi connectivity index (χ1v) is 8.52. The van der Waals surface area contributed by atoms with Gasteiger partial charge in [-0.05, 0) is 12.1 Å². The molecule has 2 amide bonds. The van der Waals surface area contributed by atoms with E-state index in [-0.39, 0.29) is 0 Å². The summed E-state index contributed by atoms with van der Waals surface area (Å²) in [5.74, 6) is -4.37. The number of nitrogens with one attached hydrogen (secondary N) is 3. The summed E-state index contributed by atoms with van der Waals surface area (Å²) in [5, 5.41) is 12.0. The summed E-state index contributed by atoms with van der Waals surface area (Å²) in [6, 6.07) is 7.26. The van der Waals surface area contributed by atoms with Crippen LogP contribution < -0.4 is 16.2 Å². The first kappa shape index (κ1) is 19.4. The van der Waals surface area contributed by atoms with Crippen molar-refractivity contribution in [1.29, 1.82) is 5.26 Å². The number of aromatic nitrogens is 1. The molecule has 1 aliphatic heterocycles. The van der Waals surface area contributed by atoms with Crippen molar-refractivity contribution in [3.63, 3.8) is 0 Å². The van der Waals surface area contributed by atoms with E-state index in [9.17, 15) is 18.4 Å². The monoisotopic (exact) mass is 388 g/mol. The summed E-state index contributed by atoms with van der Waals surface area (Å²) in [5.41, 5.74) is 7.22. The molecule has 0 radical (unpaired) electrons. The number of nitrogens with zero attached hydrogens (tertiary/aromatic N) is 3. The van der Waals surface area contributed by atoms with Gasteiger partial charge in [0.2, 0.25) is 5.91 Å². The zero-order chi connectivity index (χ0) is 20.3. The van der Waals surface area contributed by atoms with Crippen LogP contribution in [0.4, 0.5) is 14.5 Å². The summed E-state index contributed by atoms with van der Waals surface area (Å²) in [6.45, 7) is -1.30. The van der Waals surface area contributed by atoms with E-state index >= 15 is 0 Å². The third-order valence-corrected chi connectivity index (χ3v) is 4.41. The van der Waals surface area contributed by atoms with Gasteiger partial charge in [0.05, 0.1) is 35.9 Å². The SMILES string of the molecule is CNNc1cccc2c(C(=O)NCC(=O)N3CC(F)(F)C[C@H]3C#N)ccnc12. The number of halogens is 2. The maximum Gasteiger partial charge on any atom is 0.268 e. The van der Waals surface area contributed by atoms with Crippen LogP contribution >= 0.6 is 0 Å². The van der Waals surface area contributed by atoms with Crippen LogP contribution in [0.3, 0.4) is 0 Å². The van der Waals surface area contributed by atoms with Crippen LogP contribution in [-0.4, -0.2) is 53.8 Å². The molecular formula is C18H18F2N6O2. The van der Waals surface area contributed by atoms with Gasteiger partial charge in [0.1, 0.15) is 6.04 Å². The molecule has 1 aliphatic rings. The first-order valence-electron chi connectivity index (χ1n) is 8.52. The number of amides is 2. The number of hydrogen-bond donors (Lipinski definition) is 3. The maximum atomic E-state index is 13.5. The topological polar surface area (TPSA) is 110 Å². The molecule has 3 rings (SSSR count). The van der Waals surface area contributed by atoms with Crippen LogP contribution in [0.15, 0.2) is 30.5 Å². The molecule has 1 aromatic heterocycles. The second-order valence-electron chi connectivity index (χ2n) is 6.34. The van der Waals surface area contributed by atoms with Gasteiger partial charge in [0.15, 0.2) is 0 Å². The minimum atomic E-state index is -3.10. The predicted molar refractivity (Wildman–Crippen MR) is 97.4 cm³/mol. The summed E-state index contributed by atoms with van der Waals surface area (Å²) >= 11 is 0. The normalized spacial score (nSPS) is 17.9. The highest BCUT2D eigenvalue weighted by atomic mass is 19.3. The number of benzene rings is 1. The predicted octanol–water partition coefficient (Wildman–Crippen LogP) is 1.27. The number of pyridine rings is 1. The van der Waals surface area contributed by atoms with E-state index in [4.69, 9.17) is 5.26 Å². The third-order valence-electron chi connectivity index (χ3n) is 4.41. The van der Waals surface area contributed by atoms with E-state index in [1.165, 1.54) is 12.3 Å². The van der Waals surface area contributed by atoms with E-state index in [1.807, 2.05) is 0 Å². The second kappa shape index (κ2) is 7.74. The highest BCUT2D eigenvalue weighted by Crippen LogP contribution is 2.31. The third kappa shape index (κ3) is 3.84. The number of carbonyl (C=O) groups is 2. The number of rotatable bonds is 5. The van der Waals surface area contributed by atoms with Crippen molar-refractivity contribution in [2.24, 2.45) is 0 Å². The average molecular weight is 388 g/mol. The lowest BCUT2D eigenvalue weighted by Gasteiger charge is -2.19. The van der Waals surface area contributed by atoms with Crippen LogP contribution in [-0.2, 0) is 4.79 Å². The quantitative estimate of drug-likeness (QED) is 0.666. The van der Waals surface area contributed by atoms with Crippen molar-refractivity contribution in [1.82, 2.24) is 20.6 Å². The first-order chi connectivity index (χ1) is 13.4. The Morgan fingerprint density at radius 1 is 1.39 bits per heavy atom. The summed E-state index contributed by atoms with van der Waals surface area (Å²) in [4.78, 5) is 29.9. The van der Waals surface area contributed by atoms with Gasteiger partial charge in [-0.15, -0.1) is 0 Å². The molecule has 28 heavy (non-hydrogen) atoms. The second-order valence-corrected chi connectivity index (χ2v) is 6.34. The van der Waals surface area contributed by atoms with E-state index < -0.39 is 43.3 Å². The van der Waals surface area contributed by atoms with Gasteiger partial charge in [-0.25, -0.2) is 14.2 Å². The Balaban J connectivity index is 1.75.